The van der Waals surface area contributed by atoms with E-state index in [2.05, 4.69) is 13.2 Å². The molecule has 0 amide bonds. The van der Waals surface area contributed by atoms with E-state index in [4.69, 9.17) is 4.74 Å². The SMILES string of the molecule is C=CCOC(C)C=C(C)C=C. The van der Waals surface area contributed by atoms with E-state index in [0.717, 1.165) is 5.57 Å². The highest BCUT2D eigenvalue weighted by Crippen LogP contribution is 1.99. The summed E-state index contributed by atoms with van der Waals surface area (Å²) < 4.78 is 5.32. The monoisotopic (exact) mass is 152 g/mol. The number of rotatable bonds is 5. The van der Waals surface area contributed by atoms with Crippen molar-refractivity contribution in [3.05, 3.63) is 37.0 Å². The number of ether oxygens (including phenoxy) is 1. The van der Waals surface area contributed by atoms with Crippen LogP contribution in [0, 0.1) is 0 Å². The van der Waals surface area contributed by atoms with Crippen LogP contribution in [0.15, 0.2) is 37.0 Å². The summed E-state index contributed by atoms with van der Waals surface area (Å²) in [4.78, 5) is 0. The van der Waals surface area contributed by atoms with Gasteiger partial charge in [-0.25, -0.2) is 0 Å². The van der Waals surface area contributed by atoms with Crippen LogP contribution in [-0.2, 0) is 4.74 Å². The summed E-state index contributed by atoms with van der Waals surface area (Å²) in [5.41, 5.74) is 1.14. The smallest absolute Gasteiger partial charge is 0.0737 e. The topological polar surface area (TPSA) is 9.23 Å². The molecule has 1 heteroatoms. The molecule has 11 heavy (non-hydrogen) atoms. The van der Waals surface area contributed by atoms with Crippen LogP contribution < -0.4 is 0 Å². The second-order valence-corrected chi connectivity index (χ2v) is 2.44. The number of hydrogen-bond donors (Lipinski definition) is 0. The molecule has 0 aromatic rings. The molecule has 0 aromatic carbocycles. The molecule has 62 valence electrons. The van der Waals surface area contributed by atoms with E-state index in [9.17, 15) is 0 Å². The molecule has 0 saturated heterocycles. The molecule has 0 fully saturated rings. The van der Waals surface area contributed by atoms with Crippen molar-refractivity contribution in [1.29, 1.82) is 0 Å². The van der Waals surface area contributed by atoms with E-state index in [-0.39, 0.29) is 6.10 Å². The van der Waals surface area contributed by atoms with Crippen molar-refractivity contribution in [2.45, 2.75) is 20.0 Å². The minimum atomic E-state index is 0.144. The van der Waals surface area contributed by atoms with E-state index in [0.29, 0.717) is 6.61 Å². The first-order valence-corrected chi connectivity index (χ1v) is 3.74. The Morgan fingerprint density at radius 2 is 2.18 bits per heavy atom. The summed E-state index contributed by atoms with van der Waals surface area (Å²) in [7, 11) is 0. The third kappa shape index (κ3) is 5.62. The summed E-state index contributed by atoms with van der Waals surface area (Å²) >= 11 is 0. The third-order valence-electron chi connectivity index (χ3n) is 1.30. The van der Waals surface area contributed by atoms with Gasteiger partial charge in [0.1, 0.15) is 0 Å². The summed E-state index contributed by atoms with van der Waals surface area (Å²) in [6.45, 7) is 11.8. The normalized spacial score (nSPS) is 14.2. The molecule has 0 aliphatic heterocycles. The Hall–Kier alpha value is -0.820. The zero-order chi connectivity index (χ0) is 8.69. The molecule has 0 aliphatic carbocycles. The molecule has 0 saturated carbocycles. The van der Waals surface area contributed by atoms with Crippen LogP contribution in [0.2, 0.25) is 0 Å². The molecule has 0 N–H and O–H groups in total. The molecule has 0 radical (unpaired) electrons. The summed E-state index contributed by atoms with van der Waals surface area (Å²) in [6.07, 6.45) is 5.73. The van der Waals surface area contributed by atoms with Crippen molar-refractivity contribution in [1.82, 2.24) is 0 Å². The van der Waals surface area contributed by atoms with Gasteiger partial charge in [-0.05, 0) is 13.8 Å². The highest BCUT2D eigenvalue weighted by atomic mass is 16.5. The van der Waals surface area contributed by atoms with Crippen LogP contribution in [0.3, 0.4) is 0 Å². The lowest BCUT2D eigenvalue weighted by atomic mass is 10.2. The van der Waals surface area contributed by atoms with E-state index < -0.39 is 0 Å². The van der Waals surface area contributed by atoms with Gasteiger partial charge in [0.05, 0.1) is 12.7 Å². The molecule has 0 aromatic heterocycles. The first kappa shape index (κ1) is 10.2. The van der Waals surface area contributed by atoms with Gasteiger partial charge in [-0.2, -0.15) is 0 Å². The lowest BCUT2D eigenvalue weighted by molar-refractivity contribution is 0.123. The summed E-state index contributed by atoms with van der Waals surface area (Å²) in [6, 6.07) is 0. The largest absolute Gasteiger partial charge is 0.370 e. The third-order valence-corrected chi connectivity index (χ3v) is 1.30. The summed E-state index contributed by atoms with van der Waals surface area (Å²) in [5.74, 6) is 0. The van der Waals surface area contributed by atoms with Gasteiger partial charge < -0.3 is 4.74 Å². The maximum atomic E-state index is 5.32. The lowest BCUT2D eigenvalue weighted by Gasteiger charge is -2.06. The zero-order valence-corrected chi connectivity index (χ0v) is 7.34. The average molecular weight is 152 g/mol. The van der Waals surface area contributed by atoms with Crippen LogP contribution in [0.1, 0.15) is 13.8 Å². The Morgan fingerprint density at radius 3 is 2.64 bits per heavy atom. The molecule has 0 aliphatic rings. The van der Waals surface area contributed by atoms with Crippen LogP contribution in [0.25, 0.3) is 0 Å². The van der Waals surface area contributed by atoms with Gasteiger partial charge in [0.25, 0.3) is 0 Å². The molecule has 0 rings (SSSR count). The van der Waals surface area contributed by atoms with Crippen molar-refractivity contribution in [2.75, 3.05) is 6.61 Å². The highest BCUT2D eigenvalue weighted by molar-refractivity contribution is 5.14. The van der Waals surface area contributed by atoms with Gasteiger partial charge in [-0.15, -0.1) is 6.58 Å². The minimum Gasteiger partial charge on any atom is -0.370 e. The van der Waals surface area contributed by atoms with Gasteiger partial charge in [-0.3, -0.25) is 0 Å². The van der Waals surface area contributed by atoms with Gasteiger partial charge in [0.15, 0.2) is 0 Å². The van der Waals surface area contributed by atoms with Crippen molar-refractivity contribution in [3.8, 4) is 0 Å². The van der Waals surface area contributed by atoms with Gasteiger partial charge in [0, 0.05) is 0 Å². The first-order valence-electron chi connectivity index (χ1n) is 3.74. The van der Waals surface area contributed by atoms with Crippen molar-refractivity contribution in [2.24, 2.45) is 0 Å². The van der Waals surface area contributed by atoms with Crippen LogP contribution >= 0.6 is 0 Å². The van der Waals surface area contributed by atoms with Gasteiger partial charge in [0.2, 0.25) is 0 Å². The Balaban J connectivity index is 3.74. The maximum Gasteiger partial charge on any atom is 0.0737 e. The minimum absolute atomic E-state index is 0.144. The predicted molar refractivity (Wildman–Crippen MR) is 49.6 cm³/mol. The molecule has 1 nitrogen and oxygen atoms in total. The molecule has 0 heterocycles. The van der Waals surface area contributed by atoms with Crippen molar-refractivity contribution >= 4 is 0 Å². The standard InChI is InChI=1S/C10H16O/c1-5-7-11-10(4)8-9(3)6-2/h5-6,8,10H,1-2,7H2,3-4H3. The maximum absolute atomic E-state index is 5.32. The Morgan fingerprint density at radius 1 is 1.55 bits per heavy atom. The van der Waals surface area contributed by atoms with E-state index in [1.54, 1.807) is 6.08 Å². The fourth-order valence-corrected chi connectivity index (χ4v) is 0.706. The average Bonchev–Trinajstić information content (AvgIpc) is 2.00. The highest BCUT2D eigenvalue weighted by Gasteiger charge is 1.94. The number of hydrogen-bond acceptors (Lipinski definition) is 1. The van der Waals surface area contributed by atoms with Gasteiger partial charge >= 0.3 is 0 Å². The van der Waals surface area contributed by atoms with Crippen molar-refractivity contribution in [3.63, 3.8) is 0 Å². The van der Waals surface area contributed by atoms with Crippen molar-refractivity contribution < 1.29 is 4.74 Å². The fraction of sp³-hybridized carbons (Fsp3) is 0.400. The quantitative estimate of drug-likeness (QED) is 0.435. The molecular weight excluding hydrogens is 136 g/mol. The van der Waals surface area contributed by atoms with Crippen LogP contribution in [0.5, 0.6) is 0 Å². The first-order chi connectivity index (χ1) is 5.20. The molecule has 1 atom stereocenters. The Bertz CT molecular complexity index is 156. The number of allylic oxidation sites excluding steroid dienone is 2. The predicted octanol–water partition coefficient (Wildman–Crippen LogP) is 2.71. The second kappa shape index (κ2) is 5.93. The molecule has 1 unspecified atom stereocenters. The zero-order valence-electron chi connectivity index (χ0n) is 7.34. The van der Waals surface area contributed by atoms with Crippen LogP contribution in [0.4, 0.5) is 0 Å². The Labute approximate surface area is 69.1 Å². The fourth-order valence-electron chi connectivity index (χ4n) is 0.706. The molecule has 0 bridgehead atoms. The Kier molecular flexibility index (Phi) is 5.49. The molecule has 0 spiro atoms. The van der Waals surface area contributed by atoms with E-state index in [1.807, 2.05) is 26.0 Å². The second-order valence-electron chi connectivity index (χ2n) is 2.44. The van der Waals surface area contributed by atoms with E-state index >= 15 is 0 Å². The van der Waals surface area contributed by atoms with Crippen LogP contribution in [-0.4, -0.2) is 12.7 Å². The van der Waals surface area contributed by atoms with Gasteiger partial charge in [-0.1, -0.05) is 30.4 Å². The summed E-state index contributed by atoms with van der Waals surface area (Å²) in [5, 5.41) is 0. The lowest BCUT2D eigenvalue weighted by Crippen LogP contribution is -2.04. The van der Waals surface area contributed by atoms with E-state index in [1.165, 1.54) is 0 Å². The molecular formula is C10H16O.